The molecule has 0 aromatic heterocycles. The molecule has 2 rings (SSSR count). The van der Waals surface area contributed by atoms with E-state index in [2.05, 4.69) is 79.1 Å². The van der Waals surface area contributed by atoms with Gasteiger partial charge in [-0.05, 0) is 83.5 Å². The maximum Gasteiger partial charge on any atom is 0.472 e. The Bertz CT molecular complexity index is 1700. The van der Waals surface area contributed by atoms with Gasteiger partial charge in [0, 0.05) is 12.8 Å². The molecule has 2 fully saturated rings. The first-order chi connectivity index (χ1) is 32.6. The van der Waals surface area contributed by atoms with Gasteiger partial charge >= 0.3 is 27.6 Å². The van der Waals surface area contributed by atoms with Gasteiger partial charge in [0.25, 0.3) is 0 Å². The summed E-state index contributed by atoms with van der Waals surface area (Å²) in [4.78, 5) is 54.3. The number of ether oxygens (including phenoxy) is 3. The van der Waals surface area contributed by atoms with E-state index in [0.29, 0.717) is 31.5 Å². The molecule has 1 heterocycles. The molecule has 2 aliphatic rings. The fourth-order valence-corrected chi connectivity index (χ4v) is 8.54. The average molecular weight is 1000 g/mol. The lowest BCUT2D eigenvalue weighted by molar-refractivity contribution is -0.216. The Morgan fingerprint density at radius 3 is 1.62 bits per heavy atom. The molecule has 1 aliphatic carbocycles. The van der Waals surface area contributed by atoms with E-state index in [1.807, 2.05) is 18.2 Å². The zero-order chi connectivity index (χ0) is 50.0. The van der Waals surface area contributed by atoms with Gasteiger partial charge in [0.1, 0.15) is 43.2 Å². The zero-order valence-corrected chi connectivity index (χ0v) is 41.7. The smallest absolute Gasteiger partial charge is 0.462 e. The van der Waals surface area contributed by atoms with E-state index in [9.17, 15) is 53.8 Å². The average Bonchev–Trinajstić information content (AvgIpc) is 4.05. The van der Waals surface area contributed by atoms with Gasteiger partial charge in [0.2, 0.25) is 0 Å². The normalized spacial score (nSPS) is 25.0. The highest BCUT2D eigenvalue weighted by Gasteiger charge is 2.54. The van der Waals surface area contributed by atoms with Crippen molar-refractivity contribution < 1.29 is 81.6 Å². The van der Waals surface area contributed by atoms with Gasteiger partial charge in [-0.3, -0.25) is 23.2 Å². The number of carbonyl (C=O) groups is 2. The minimum absolute atomic E-state index is 0.0820. The topological polar surface area (TPSA) is 269 Å². The van der Waals surface area contributed by atoms with Crippen molar-refractivity contribution in [2.45, 2.75) is 197 Å². The lowest BCUT2D eigenvalue weighted by Crippen LogP contribution is -2.64. The first kappa shape index (κ1) is 61.3. The van der Waals surface area contributed by atoms with Crippen molar-refractivity contribution in [2.24, 2.45) is 0 Å². The second-order valence-electron chi connectivity index (χ2n) is 16.8. The number of epoxide rings is 1. The maximum absolute atomic E-state index is 13.0. The number of hydrogen-bond acceptors (Lipinski definition) is 14. The number of rotatable bonds is 38. The molecule has 0 spiro atoms. The number of aliphatic hydroxyl groups excluding tert-OH is 4. The molecule has 388 valence electrons. The summed E-state index contributed by atoms with van der Waals surface area (Å²) in [6.45, 7) is 2.88. The second kappa shape index (κ2) is 36.1. The van der Waals surface area contributed by atoms with Crippen LogP contribution in [0, 0.1) is 0 Å². The number of allylic oxidation sites excluding steroid dienone is 12. The van der Waals surface area contributed by atoms with Crippen LogP contribution >= 0.6 is 15.6 Å². The molecular weight excluding hydrogens is 922 g/mol. The third-order valence-electron chi connectivity index (χ3n) is 10.9. The summed E-state index contributed by atoms with van der Waals surface area (Å²) in [5.41, 5.74) is 0. The summed E-state index contributed by atoms with van der Waals surface area (Å²) in [6.07, 6.45) is 31.6. The second-order valence-corrected chi connectivity index (χ2v) is 19.4. The van der Waals surface area contributed by atoms with Crippen molar-refractivity contribution in [1.82, 2.24) is 0 Å². The fourth-order valence-electron chi connectivity index (χ4n) is 7.00. The van der Waals surface area contributed by atoms with E-state index >= 15 is 0 Å². The molecule has 1 saturated carbocycles. The van der Waals surface area contributed by atoms with E-state index in [1.165, 1.54) is 19.3 Å². The van der Waals surface area contributed by atoms with Gasteiger partial charge < -0.3 is 49.3 Å². The van der Waals surface area contributed by atoms with Crippen molar-refractivity contribution in [1.29, 1.82) is 0 Å². The first-order valence-corrected chi connectivity index (χ1v) is 27.3. The van der Waals surface area contributed by atoms with Gasteiger partial charge in [-0.2, -0.15) is 0 Å². The molecule has 0 aromatic rings. The minimum atomic E-state index is -5.38. The van der Waals surface area contributed by atoms with Crippen LogP contribution in [0.15, 0.2) is 85.1 Å². The molecule has 7 N–H and O–H groups in total. The third-order valence-corrected chi connectivity index (χ3v) is 12.4. The Kier molecular flexibility index (Phi) is 32.5. The number of hydrogen-bond donors (Lipinski definition) is 7. The Morgan fingerprint density at radius 2 is 1.04 bits per heavy atom. The molecule has 0 bridgehead atoms. The highest BCUT2D eigenvalue weighted by Crippen LogP contribution is 2.49. The summed E-state index contributed by atoms with van der Waals surface area (Å²) in [5, 5.41) is 41.3. The molecule has 0 radical (unpaired) electrons. The van der Waals surface area contributed by atoms with Crippen LogP contribution in [0.5, 0.6) is 0 Å². The van der Waals surface area contributed by atoms with E-state index in [0.717, 1.165) is 77.0 Å². The Labute approximate surface area is 403 Å². The summed E-state index contributed by atoms with van der Waals surface area (Å²) >= 11 is 0. The van der Waals surface area contributed by atoms with Crippen molar-refractivity contribution in [3.63, 3.8) is 0 Å². The van der Waals surface area contributed by atoms with E-state index in [1.54, 1.807) is 6.08 Å². The van der Waals surface area contributed by atoms with Crippen LogP contribution in [-0.4, -0.2) is 115 Å². The van der Waals surface area contributed by atoms with Crippen molar-refractivity contribution in [3.8, 4) is 0 Å². The Morgan fingerprint density at radius 1 is 0.544 bits per heavy atom. The van der Waals surface area contributed by atoms with Gasteiger partial charge in [-0.25, -0.2) is 9.13 Å². The largest absolute Gasteiger partial charge is 0.472 e. The summed E-state index contributed by atoms with van der Waals surface area (Å²) in [7, 11) is -10.7. The number of carbonyl (C=O) groups excluding carboxylic acids is 2. The van der Waals surface area contributed by atoms with Crippen LogP contribution in [0.4, 0.5) is 0 Å². The lowest BCUT2D eigenvalue weighted by atomic mass is 9.85. The molecule has 10 atom stereocenters. The van der Waals surface area contributed by atoms with E-state index in [-0.39, 0.29) is 12.8 Å². The number of esters is 2. The van der Waals surface area contributed by atoms with Crippen molar-refractivity contribution >= 4 is 27.6 Å². The van der Waals surface area contributed by atoms with Crippen LogP contribution in [0.25, 0.3) is 0 Å². The SMILES string of the molecule is CC/C=C\CC1OC1C/C=C\C/C=C\C/C=C\C/C=C\CCC(=O)O[C@H](COC(=O)CCCCCCC/C=C\C/C=C\CCCCC)COP(=O)(O)O[C@H]1C(O)C(O)C(O)[C@@H](OP(=O)(O)O)C1O. The predicted molar refractivity (Wildman–Crippen MR) is 259 cm³/mol. The number of unbranched alkanes of at least 4 members (excludes halogenated alkanes) is 8. The summed E-state index contributed by atoms with van der Waals surface area (Å²) < 4.78 is 55.0. The fraction of sp³-hybridized carbons (Fsp3) is 0.673. The third kappa shape index (κ3) is 29.4. The highest BCUT2D eigenvalue weighted by atomic mass is 31.2. The molecule has 1 saturated heterocycles. The van der Waals surface area contributed by atoms with E-state index in [4.69, 9.17) is 23.3 Å². The van der Waals surface area contributed by atoms with Gasteiger partial charge in [0.15, 0.2) is 6.10 Å². The van der Waals surface area contributed by atoms with Crippen LogP contribution in [-0.2, 0) is 46.5 Å². The Hall–Kier alpha value is -2.86. The van der Waals surface area contributed by atoms with Crippen molar-refractivity contribution in [3.05, 3.63) is 85.1 Å². The van der Waals surface area contributed by atoms with Crippen LogP contribution in [0.1, 0.15) is 142 Å². The van der Waals surface area contributed by atoms with E-state index < -0.39 is 83.5 Å². The lowest BCUT2D eigenvalue weighted by Gasteiger charge is -2.43. The molecular formula is C49H80O17P2. The monoisotopic (exact) mass is 1000 g/mol. The Balaban J connectivity index is 1.82. The van der Waals surface area contributed by atoms with Gasteiger partial charge in [-0.1, -0.05) is 131 Å². The molecule has 68 heavy (non-hydrogen) atoms. The quantitative estimate of drug-likeness (QED) is 0.0101. The first-order valence-electron chi connectivity index (χ1n) is 24.3. The molecule has 1 aliphatic heterocycles. The standard InChI is InChI=1S/C49H80O17P2/c1-3-5-7-8-9-10-11-12-13-14-18-21-24-27-31-35-42(50)61-37-39(38-62-68(59,60)66-49-46(54)44(52)45(53)48(47(49)55)65-67(56,57)58)63-43(51)36-32-28-25-22-19-16-15-17-20-23-26-30-34-41-40(64-41)33-29-6-4-2/h6,9-10,12-13,16-17,19-20,25-26,28-30,39-41,44-49,52-55H,3-5,7-8,11,14-15,18,21-24,27,31-38H2,1-2H3,(H,59,60)(H2,56,57,58)/b10-9-,13-12-,19-16-,20-17-,28-25-,29-6-,30-26-/t39-,40?,41?,44?,45?,46?,47?,48-,49+/m1/s1. The number of phosphoric acid groups is 2. The number of aliphatic hydroxyl groups is 4. The van der Waals surface area contributed by atoms with Crippen molar-refractivity contribution in [2.75, 3.05) is 13.2 Å². The summed E-state index contributed by atoms with van der Waals surface area (Å²) in [5.74, 6) is -1.33. The molecule has 17 nitrogen and oxygen atoms in total. The summed E-state index contributed by atoms with van der Waals surface area (Å²) in [6, 6.07) is 0. The van der Waals surface area contributed by atoms with Crippen LogP contribution in [0.2, 0.25) is 0 Å². The maximum atomic E-state index is 13.0. The minimum Gasteiger partial charge on any atom is -0.462 e. The zero-order valence-electron chi connectivity index (χ0n) is 39.9. The van der Waals surface area contributed by atoms with Gasteiger partial charge in [-0.15, -0.1) is 0 Å². The molecule has 19 heteroatoms. The number of phosphoric ester groups is 2. The van der Waals surface area contributed by atoms with Crippen LogP contribution < -0.4 is 0 Å². The van der Waals surface area contributed by atoms with Gasteiger partial charge in [0.05, 0.1) is 18.8 Å². The molecule has 7 unspecified atom stereocenters. The van der Waals surface area contributed by atoms with Crippen LogP contribution in [0.3, 0.4) is 0 Å². The molecule has 0 amide bonds. The highest BCUT2D eigenvalue weighted by molar-refractivity contribution is 7.47. The molecule has 0 aromatic carbocycles. The predicted octanol–water partition coefficient (Wildman–Crippen LogP) is 8.38.